The van der Waals surface area contributed by atoms with Gasteiger partial charge in [0.15, 0.2) is 0 Å². The van der Waals surface area contributed by atoms with E-state index in [0.29, 0.717) is 37.2 Å². The molecule has 3 rings (SSSR count). The van der Waals surface area contributed by atoms with Gasteiger partial charge in [0.2, 0.25) is 15.9 Å². The van der Waals surface area contributed by atoms with Crippen LogP contribution in [-0.4, -0.2) is 38.3 Å². The number of alkyl halides is 3. The number of benzene rings is 2. The minimum Gasteiger partial charge on any atom is -0.355 e. The molecule has 0 saturated carbocycles. The average molecular weight is 455 g/mol. The molecule has 168 valence electrons. The summed E-state index contributed by atoms with van der Waals surface area (Å²) in [5.74, 6) is -0.237. The van der Waals surface area contributed by atoms with Crippen LogP contribution in [-0.2, 0) is 33.8 Å². The molecule has 2 aromatic rings. The number of carbonyl (C=O) groups excluding carboxylic acids is 1. The van der Waals surface area contributed by atoms with E-state index in [1.165, 1.54) is 28.6 Å². The second-order valence-electron chi connectivity index (χ2n) is 7.58. The molecular weight excluding hydrogens is 429 g/mol. The molecule has 0 spiro atoms. The lowest BCUT2D eigenvalue weighted by Gasteiger charge is -2.25. The Morgan fingerprint density at radius 2 is 1.48 bits per heavy atom. The Morgan fingerprint density at radius 3 is 2.06 bits per heavy atom. The van der Waals surface area contributed by atoms with Gasteiger partial charge in [0.25, 0.3) is 0 Å². The minimum absolute atomic E-state index is 0.0943. The molecule has 0 atom stereocenters. The van der Waals surface area contributed by atoms with E-state index >= 15 is 0 Å². The Balaban J connectivity index is 1.48. The van der Waals surface area contributed by atoms with Crippen LogP contribution in [0.1, 0.15) is 36.0 Å². The number of halogens is 3. The van der Waals surface area contributed by atoms with Crippen LogP contribution in [0.15, 0.2) is 53.4 Å². The Bertz CT molecular complexity index is 982. The van der Waals surface area contributed by atoms with Gasteiger partial charge in [-0.25, -0.2) is 8.42 Å². The second-order valence-corrected chi connectivity index (χ2v) is 9.52. The topological polar surface area (TPSA) is 66.5 Å². The van der Waals surface area contributed by atoms with Crippen molar-refractivity contribution in [2.75, 3.05) is 19.6 Å². The molecule has 0 radical (unpaired) electrons. The number of hydrogen-bond acceptors (Lipinski definition) is 3. The minimum atomic E-state index is -4.37. The molecule has 0 aliphatic carbocycles. The van der Waals surface area contributed by atoms with Crippen LogP contribution in [0.2, 0.25) is 0 Å². The molecule has 1 aliphatic heterocycles. The van der Waals surface area contributed by atoms with E-state index in [9.17, 15) is 26.4 Å². The van der Waals surface area contributed by atoms with Crippen molar-refractivity contribution in [2.24, 2.45) is 0 Å². The molecular formula is C22H25F3N2O3S. The van der Waals surface area contributed by atoms with Gasteiger partial charge in [0, 0.05) is 19.6 Å². The highest BCUT2D eigenvalue weighted by molar-refractivity contribution is 7.89. The third kappa shape index (κ3) is 6.30. The van der Waals surface area contributed by atoms with Crippen molar-refractivity contribution in [1.29, 1.82) is 0 Å². The summed E-state index contributed by atoms with van der Waals surface area (Å²) in [6, 6.07) is 11.2. The van der Waals surface area contributed by atoms with Gasteiger partial charge in [0.1, 0.15) is 0 Å². The standard InChI is InChI=1S/C22H25F3N2O3S/c23-22(24,25)19-8-4-17(5-9-19)12-13-26-21(28)16-18-6-10-20(11-7-18)31(29,30)27-14-2-1-3-15-27/h4-11H,1-3,12-16H2,(H,26,28). The monoisotopic (exact) mass is 454 g/mol. The Labute approximate surface area is 180 Å². The SMILES string of the molecule is O=C(Cc1ccc(S(=O)(=O)N2CCCCC2)cc1)NCCc1ccc(C(F)(F)F)cc1. The normalized spacial score (nSPS) is 15.6. The maximum atomic E-state index is 12.7. The largest absolute Gasteiger partial charge is 0.416 e. The second kappa shape index (κ2) is 9.82. The molecule has 5 nitrogen and oxygen atoms in total. The molecule has 9 heteroatoms. The van der Waals surface area contributed by atoms with Gasteiger partial charge in [-0.15, -0.1) is 0 Å². The Kier molecular flexibility index (Phi) is 7.38. The van der Waals surface area contributed by atoms with E-state index < -0.39 is 21.8 Å². The zero-order chi connectivity index (χ0) is 22.5. The summed E-state index contributed by atoms with van der Waals surface area (Å²) >= 11 is 0. The fourth-order valence-corrected chi connectivity index (χ4v) is 5.01. The lowest BCUT2D eigenvalue weighted by molar-refractivity contribution is -0.137. The predicted octanol–water partition coefficient (Wildman–Crippen LogP) is 3.78. The number of sulfonamides is 1. The number of rotatable bonds is 7. The third-order valence-electron chi connectivity index (χ3n) is 5.26. The molecule has 0 aromatic heterocycles. The molecule has 1 saturated heterocycles. The summed E-state index contributed by atoms with van der Waals surface area (Å²) in [7, 11) is -3.50. The lowest BCUT2D eigenvalue weighted by atomic mass is 10.1. The Morgan fingerprint density at radius 1 is 0.903 bits per heavy atom. The van der Waals surface area contributed by atoms with Crippen molar-refractivity contribution < 1.29 is 26.4 Å². The predicted molar refractivity (Wildman–Crippen MR) is 111 cm³/mol. The van der Waals surface area contributed by atoms with E-state index in [0.717, 1.165) is 31.4 Å². The quantitative estimate of drug-likeness (QED) is 0.693. The van der Waals surface area contributed by atoms with Crippen LogP contribution in [0, 0.1) is 0 Å². The summed E-state index contributed by atoms with van der Waals surface area (Å²) in [6.45, 7) is 1.36. The number of carbonyl (C=O) groups is 1. The first-order valence-corrected chi connectivity index (χ1v) is 11.6. The van der Waals surface area contributed by atoms with Crippen molar-refractivity contribution in [2.45, 2.75) is 43.2 Å². The summed E-state index contributed by atoms with van der Waals surface area (Å²) in [5.41, 5.74) is 0.677. The first kappa shape index (κ1) is 23.3. The lowest BCUT2D eigenvalue weighted by Crippen LogP contribution is -2.35. The zero-order valence-corrected chi connectivity index (χ0v) is 17.8. The van der Waals surface area contributed by atoms with Gasteiger partial charge in [0.05, 0.1) is 16.9 Å². The van der Waals surface area contributed by atoms with Crippen LogP contribution in [0.5, 0.6) is 0 Å². The fraction of sp³-hybridized carbons (Fsp3) is 0.409. The first-order valence-electron chi connectivity index (χ1n) is 10.2. The highest BCUT2D eigenvalue weighted by Crippen LogP contribution is 2.29. The van der Waals surface area contributed by atoms with Gasteiger partial charge >= 0.3 is 6.18 Å². The van der Waals surface area contributed by atoms with Gasteiger partial charge in [-0.1, -0.05) is 30.7 Å². The van der Waals surface area contributed by atoms with Crippen molar-refractivity contribution in [1.82, 2.24) is 9.62 Å². The van der Waals surface area contributed by atoms with E-state index in [1.807, 2.05) is 0 Å². The number of nitrogens with one attached hydrogen (secondary N) is 1. The summed E-state index contributed by atoms with van der Waals surface area (Å²) in [5, 5.41) is 2.73. The average Bonchev–Trinajstić information content (AvgIpc) is 2.74. The molecule has 2 aromatic carbocycles. The molecule has 1 fully saturated rings. The third-order valence-corrected chi connectivity index (χ3v) is 7.17. The highest BCUT2D eigenvalue weighted by Gasteiger charge is 2.30. The molecule has 0 bridgehead atoms. The van der Waals surface area contributed by atoms with Crippen LogP contribution < -0.4 is 5.32 Å². The van der Waals surface area contributed by atoms with Crippen LogP contribution in [0.3, 0.4) is 0 Å². The number of amides is 1. The van der Waals surface area contributed by atoms with Crippen molar-refractivity contribution in [3.63, 3.8) is 0 Å². The highest BCUT2D eigenvalue weighted by atomic mass is 32.2. The maximum absolute atomic E-state index is 12.7. The molecule has 31 heavy (non-hydrogen) atoms. The van der Waals surface area contributed by atoms with E-state index in [4.69, 9.17) is 0 Å². The van der Waals surface area contributed by atoms with Crippen LogP contribution >= 0.6 is 0 Å². The van der Waals surface area contributed by atoms with E-state index in [1.54, 1.807) is 12.1 Å². The molecule has 1 N–H and O–H groups in total. The van der Waals surface area contributed by atoms with Gasteiger partial charge in [-0.2, -0.15) is 17.5 Å². The zero-order valence-electron chi connectivity index (χ0n) is 17.0. The van der Waals surface area contributed by atoms with Crippen LogP contribution in [0.25, 0.3) is 0 Å². The number of hydrogen-bond donors (Lipinski definition) is 1. The summed E-state index contributed by atoms with van der Waals surface area (Å²) in [6.07, 6.45) is -1.09. The molecule has 1 aliphatic rings. The van der Waals surface area contributed by atoms with Crippen LogP contribution in [0.4, 0.5) is 13.2 Å². The van der Waals surface area contributed by atoms with Crippen molar-refractivity contribution in [3.8, 4) is 0 Å². The number of piperidine rings is 1. The molecule has 1 amide bonds. The smallest absolute Gasteiger partial charge is 0.355 e. The van der Waals surface area contributed by atoms with Gasteiger partial charge in [-0.05, 0) is 54.7 Å². The van der Waals surface area contributed by atoms with Gasteiger partial charge < -0.3 is 5.32 Å². The van der Waals surface area contributed by atoms with Crippen molar-refractivity contribution in [3.05, 3.63) is 65.2 Å². The Hall–Kier alpha value is -2.39. The van der Waals surface area contributed by atoms with E-state index in [2.05, 4.69) is 5.32 Å². The van der Waals surface area contributed by atoms with Gasteiger partial charge in [-0.3, -0.25) is 4.79 Å². The summed E-state index contributed by atoms with van der Waals surface area (Å²) in [4.78, 5) is 12.4. The molecule has 1 heterocycles. The first-order chi connectivity index (χ1) is 14.7. The summed E-state index contributed by atoms with van der Waals surface area (Å²) < 4.78 is 64.5. The maximum Gasteiger partial charge on any atom is 0.416 e. The van der Waals surface area contributed by atoms with Crippen molar-refractivity contribution >= 4 is 15.9 Å². The van der Waals surface area contributed by atoms with E-state index in [-0.39, 0.29) is 17.2 Å². The fourth-order valence-electron chi connectivity index (χ4n) is 3.49. The molecule has 0 unspecified atom stereocenters. The number of nitrogens with zero attached hydrogens (tertiary/aromatic N) is 1.